The summed E-state index contributed by atoms with van der Waals surface area (Å²) in [5.74, 6) is -0.0399. The summed E-state index contributed by atoms with van der Waals surface area (Å²) in [6.07, 6.45) is 0.431. The second kappa shape index (κ2) is 6.54. The summed E-state index contributed by atoms with van der Waals surface area (Å²) in [4.78, 5) is 26.6. The fourth-order valence-corrected chi connectivity index (χ4v) is 2.00. The van der Waals surface area contributed by atoms with Gasteiger partial charge in [0.05, 0.1) is 16.7 Å². The van der Waals surface area contributed by atoms with Crippen LogP contribution in [0.3, 0.4) is 0 Å². The normalized spacial score (nSPS) is 10.0. The number of benzene rings is 1. The number of amides is 2. The molecule has 0 radical (unpaired) electrons. The minimum absolute atomic E-state index is 0.0159. The third-order valence-electron chi connectivity index (χ3n) is 2.77. The maximum absolute atomic E-state index is 11.7. The molecule has 0 spiro atoms. The second-order valence-electron chi connectivity index (χ2n) is 3.88. The van der Waals surface area contributed by atoms with Crippen molar-refractivity contribution in [3.05, 3.63) is 24.3 Å². The highest BCUT2D eigenvalue weighted by atomic mass is 79.9. The molecular weight excluding hydrogens is 296 g/mol. The van der Waals surface area contributed by atoms with Crippen molar-refractivity contribution in [2.45, 2.75) is 13.3 Å². The number of alkyl halides is 1. The number of rotatable bonds is 4. The van der Waals surface area contributed by atoms with E-state index in [0.717, 1.165) is 11.4 Å². The molecule has 98 valence electrons. The van der Waals surface area contributed by atoms with Crippen LogP contribution in [0, 0.1) is 0 Å². The average Bonchev–Trinajstić information content (AvgIpc) is 2.43. The Morgan fingerprint density at radius 1 is 1.06 bits per heavy atom. The Hall–Kier alpha value is -1.36. The first-order valence-corrected chi connectivity index (χ1v) is 6.83. The van der Waals surface area contributed by atoms with E-state index in [1.165, 1.54) is 0 Å². The number of hydrogen-bond donors (Lipinski definition) is 0. The molecule has 0 unspecified atom stereocenters. The summed E-state index contributed by atoms with van der Waals surface area (Å²) >= 11 is 3.15. The fourth-order valence-electron chi connectivity index (χ4n) is 1.63. The Morgan fingerprint density at radius 2 is 1.50 bits per heavy atom. The van der Waals surface area contributed by atoms with Gasteiger partial charge >= 0.3 is 0 Å². The van der Waals surface area contributed by atoms with Crippen molar-refractivity contribution in [2.24, 2.45) is 0 Å². The van der Waals surface area contributed by atoms with E-state index >= 15 is 0 Å². The SMILES string of the molecule is CCC(=O)N(C)c1ccccc1N(C)C(=O)CBr. The van der Waals surface area contributed by atoms with Crippen LogP contribution in [0.4, 0.5) is 11.4 Å². The zero-order chi connectivity index (χ0) is 13.7. The van der Waals surface area contributed by atoms with E-state index < -0.39 is 0 Å². The lowest BCUT2D eigenvalue weighted by Gasteiger charge is -2.25. The van der Waals surface area contributed by atoms with Crippen LogP contribution in [-0.4, -0.2) is 31.2 Å². The molecule has 0 bridgehead atoms. The molecule has 0 saturated heterocycles. The maximum atomic E-state index is 11.7. The average molecular weight is 313 g/mol. The minimum atomic E-state index is -0.0557. The maximum Gasteiger partial charge on any atom is 0.237 e. The number of anilines is 2. The van der Waals surface area contributed by atoms with Crippen LogP contribution in [0.2, 0.25) is 0 Å². The summed E-state index contributed by atoms with van der Waals surface area (Å²) in [6, 6.07) is 7.36. The third-order valence-corrected chi connectivity index (χ3v) is 3.25. The van der Waals surface area contributed by atoms with E-state index in [1.807, 2.05) is 31.2 Å². The van der Waals surface area contributed by atoms with Crippen LogP contribution < -0.4 is 9.80 Å². The molecule has 0 aliphatic rings. The Bertz CT molecular complexity index is 407. The van der Waals surface area contributed by atoms with Gasteiger partial charge < -0.3 is 9.80 Å². The summed E-state index contributed by atoms with van der Waals surface area (Å²) in [6.45, 7) is 1.81. The Labute approximate surface area is 116 Å². The smallest absolute Gasteiger partial charge is 0.237 e. The highest BCUT2D eigenvalue weighted by molar-refractivity contribution is 9.09. The largest absolute Gasteiger partial charge is 0.314 e. The molecule has 18 heavy (non-hydrogen) atoms. The Balaban J connectivity index is 3.14. The molecule has 0 atom stereocenters. The first kappa shape index (κ1) is 14.7. The number of halogens is 1. The van der Waals surface area contributed by atoms with Crippen molar-refractivity contribution in [1.29, 1.82) is 0 Å². The lowest BCUT2D eigenvalue weighted by Crippen LogP contribution is -2.31. The van der Waals surface area contributed by atoms with Crippen LogP contribution in [-0.2, 0) is 9.59 Å². The molecule has 0 N–H and O–H groups in total. The standard InChI is InChI=1S/C13H17BrN2O2/c1-4-12(17)15(2)10-7-5-6-8-11(10)16(3)13(18)9-14/h5-8H,4,9H2,1-3H3. The van der Waals surface area contributed by atoms with Crippen LogP contribution in [0.5, 0.6) is 0 Å². The van der Waals surface area contributed by atoms with E-state index in [9.17, 15) is 9.59 Å². The van der Waals surface area contributed by atoms with Crippen molar-refractivity contribution < 1.29 is 9.59 Å². The van der Waals surface area contributed by atoms with Gasteiger partial charge in [0.25, 0.3) is 0 Å². The molecule has 0 fully saturated rings. The highest BCUT2D eigenvalue weighted by Gasteiger charge is 2.17. The predicted molar refractivity (Wildman–Crippen MR) is 77.3 cm³/mol. The number of nitrogens with zero attached hydrogens (tertiary/aromatic N) is 2. The van der Waals surface area contributed by atoms with Gasteiger partial charge in [-0.25, -0.2) is 0 Å². The molecule has 1 aromatic rings. The van der Waals surface area contributed by atoms with Crippen molar-refractivity contribution in [2.75, 3.05) is 29.2 Å². The van der Waals surface area contributed by atoms with Gasteiger partial charge in [-0.05, 0) is 12.1 Å². The number of hydrogen-bond acceptors (Lipinski definition) is 2. The number of carbonyl (C=O) groups is 2. The van der Waals surface area contributed by atoms with Gasteiger partial charge in [0.1, 0.15) is 0 Å². The van der Waals surface area contributed by atoms with E-state index in [2.05, 4.69) is 15.9 Å². The van der Waals surface area contributed by atoms with E-state index in [0.29, 0.717) is 6.42 Å². The Kier molecular flexibility index (Phi) is 5.34. The molecular formula is C13H17BrN2O2. The molecule has 0 heterocycles. The van der Waals surface area contributed by atoms with Gasteiger partial charge in [-0.15, -0.1) is 0 Å². The summed E-state index contributed by atoms with van der Waals surface area (Å²) in [5, 5.41) is 0.253. The van der Waals surface area contributed by atoms with Gasteiger partial charge in [0.15, 0.2) is 0 Å². The molecule has 1 rings (SSSR count). The molecule has 1 aromatic carbocycles. The molecule has 0 aliphatic heterocycles. The Morgan fingerprint density at radius 3 is 1.89 bits per heavy atom. The molecule has 4 nitrogen and oxygen atoms in total. The van der Waals surface area contributed by atoms with Gasteiger partial charge in [0.2, 0.25) is 11.8 Å². The van der Waals surface area contributed by atoms with E-state index in [-0.39, 0.29) is 17.1 Å². The van der Waals surface area contributed by atoms with Gasteiger partial charge in [-0.1, -0.05) is 35.0 Å². The fraction of sp³-hybridized carbons (Fsp3) is 0.385. The van der Waals surface area contributed by atoms with Crippen LogP contribution in [0.15, 0.2) is 24.3 Å². The van der Waals surface area contributed by atoms with Crippen molar-refractivity contribution >= 4 is 39.1 Å². The minimum Gasteiger partial charge on any atom is -0.314 e. The number of carbonyl (C=O) groups excluding carboxylic acids is 2. The first-order valence-electron chi connectivity index (χ1n) is 5.71. The summed E-state index contributed by atoms with van der Waals surface area (Å²) < 4.78 is 0. The molecule has 0 aromatic heterocycles. The molecule has 2 amide bonds. The molecule has 0 aliphatic carbocycles. The van der Waals surface area contributed by atoms with E-state index in [4.69, 9.17) is 0 Å². The lowest BCUT2D eigenvalue weighted by molar-refractivity contribution is -0.118. The third kappa shape index (κ3) is 3.10. The predicted octanol–water partition coefficient (Wildman–Crippen LogP) is 2.42. The quantitative estimate of drug-likeness (QED) is 0.801. The first-order chi connectivity index (χ1) is 8.52. The van der Waals surface area contributed by atoms with Crippen molar-refractivity contribution in [3.8, 4) is 0 Å². The lowest BCUT2D eigenvalue weighted by atomic mass is 10.2. The van der Waals surface area contributed by atoms with Crippen molar-refractivity contribution in [3.63, 3.8) is 0 Å². The zero-order valence-electron chi connectivity index (χ0n) is 10.8. The molecule has 5 heteroatoms. The highest BCUT2D eigenvalue weighted by Crippen LogP contribution is 2.28. The van der Waals surface area contributed by atoms with Crippen LogP contribution >= 0.6 is 15.9 Å². The van der Waals surface area contributed by atoms with Crippen LogP contribution in [0.1, 0.15) is 13.3 Å². The van der Waals surface area contributed by atoms with Gasteiger partial charge in [-0.2, -0.15) is 0 Å². The number of para-hydroxylation sites is 2. The van der Waals surface area contributed by atoms with Gasteiger partial charge in [-0.3, -0.25) is 9.59 Å². The molecule has 0 saturated carbocycles. The summed E-state index contributed by atoms with van der Waals surface area (Å²) in [5.41, 5.74) is 1.47. The van der Waals surface area contributed by atoms with Crippen LogP contribution in [0.25, 0.3) is 0 Å². The topological polar surface area (TPSA) is 40.6 Å². The monoisotopic (exact) mass is 312 g/mol. The van der Waals surface area contributed by atoms with E-state index in [1.54, 1.807) is 23.9 Å². The second-order valence-corrected chi connectivity index (χ2v) is 4.44. The van der Waals surface area contributed by atoms with Gasteiger partial charge in [0, 0.05) is 20.5 Å². The summed E-state index contributed by atoms with van der Waals surface area (Å²) in [7, 11) is 3.42. The zero-order valence-corrected chi connectivity index (χ0v) is 12.4. The van der Waals surface area contributed by atoms with Crippen molar-refractivity contribution in [1.82, 2.24) is 0 Å².